The van der Waals surface area contributed by atoms with Crippen LogP contribution in [0, 0.1) is 17.0 Å². The lowest BCUT2D eigenvalue weighted by atomic mass is 10.0. The number of aliphatic carboxylic acids is 1. The lowest BCUT2D eigenvalue weighted by molar-refractivity contribution is -0.385. The molecule has 2 aliphatic heterocycles. The third-order valence-electron chi connectivity index (χ3n) is 5.09. The standard InChI is InChI=1S/C16H17N9O6S2/c1-7-9(25(30)31)3-17-23(7)4-10(26)18-11-13(27)24-12(15(28)29)8(5-32-14(11)24)6-33-16-19-20-21-22(16)2/h3,11,14H,4-6H2,1-2H3,(H,18,26)(H,28,29)/t11-,14+/m1/s1. The highest BCUT2D eigenvalue weighted by atomic mass is 32.2. The number of carbonyl (C=O) groups is 3. The SMILES string of the molecule is Cc1c([N+](=O)[O-])cnn1CC(=O)N[C@@H]1C(=O)N2C(C(=O)O)=C(CSc3nnnn3C)CS[C@@H]12. The topological polar surface area (TPSA) is 191 Å². The van der Waals surface area contributed by atoms with Crippen molar-refractivity contribution in [2.45, 2.75) is 30.0 Å². The molecule has 0 aromatic carbocycles. The third-order valence-corrected chi connectivity index (χ3v) is 7.53. The number of thioether (sulfide) groups is 2. The van der Waals surface area contributed by atoms with E-state index in [0.29, 0.717) is 16.5 Å². The molecule has 0 radical (unpaired) electrons. The van der Waals surface area contributed by atoms with Crippen molar-refractivity contribution in [1.29, 1.82) is 0 Å². The number of aromatic nitrogens is 6. The Balaban J connectivity index is 1.43. The number of carbonyl (C=O) groups excluding carboxylic acids is 2. The lowest BCUT2D eigenvalue weighted by Crippen LogP contribution is -2.70. The summed E-state index contributed by atoms with van der Waals surface area (Å²) in [5, 5.41) is 38.1. The van der Waals surface area contributed by atoms with Crippen LogP contribution in [0.1, 0.15) is 5.69 Å². The van der Waals surface area contributed by atoms with Crippen molar-refractivity contribution >= 4 is 47.0 Å². The van der Waals surface area contributed by atoms with Crippen molar-refractivity contribution in [1.82, 2.24) is 40.2 Å². The summed E-state index contributed by atoms with van der Waals surface area (Å²) in [6, 6.07) is -0.903. The number of nitrogens with one attached hydrogen (secondary N) is 1. The van der Waals surface area contributed by atoms with Gasteiger partial charge in [-0.05, 0) is 22.9 Å². The summed E-state index contributed by atoms with van der Waals surface area (Å²) in [7, 11) is 1.66. The molecule has 2 aliphatic rings. The lowest BCUT2D eigenvalue weighted by Gasteiger charge is -2.49. The summed E-state index contributed by atoms with van der Waals surface area (Å²) in [5.41, 5.74) is 0.445. The first kappa shape index (κ1) is 22.7. The van der Waals surface area contributed by atoms with Gasteiger partial charge in [0.1, 0.15) is 35.5 Å². The number of nitro groups is 1. The molecule has 2 atom stereocenters. The van der Waals surface area contributed by atoms with Crippen LogP contribution in [0.3, 0.4) is 0 Å². The van der Waals surface area contributed by atoms with E-state index in [1.807, 2.05) is 0 Å². The minimum Gasteiger partial charge on any atom is -0.477 e. The van der Waals surface area contributed by atoms with E-state index in [1.165, 1.54) is 44.7 Å². The highest BCUT2D eigenvalue weighted by molar-refractivity contribution is 8.01. The molecule has 2 N–H and O–H groups in total. The van der Waals surface area contributed by atoms with E-state index in [9.17, 15) is 29.6 Å². The average molecular weight is 496 g/mol. The van der Waals surface area contributed by atoms with Crippen molar-refractivity contribution in [2.75, 3.05) is 11.5 Å². The molecule has 0 spiro atoms. The molecule has 1 fully saturated rings. The summed E-state index contributed by atoms with van der Waals surface area (Å²) in [4.78, 5) is 48.6. The van der Waals surface area contributed by atoms with E-state index in [4.69, 9.17) is 0 Å². The van der Waals surface area contributed by atoms with E-state index in [0.717, 1.165) is 6.20 Å². The minimum absolute atomic E-state index is 0.101. The van der Waals surface area contributed by atoms with E-state index in [1.54, 1.807) is 7.05 Å². The zero-order valence-corrected chi connectivity index (χ0v) is 18.9. The number of hydrogen-bond acceptors (Lipinski definition) is 11. The van der Waals surface area contributed by atoms with Gasteiger partial charge in [-0.1, -0.05) is 11.8 Å². The Morgan fingerprint density at radius 3 is 2.82 bits per heavy atom. The summed E-state index contributed by atoms with van der Waals surface area (Å²) >= 11 is 2.60. The number of tetrazole rings is 1. The fraction of sp³-hybridized carbons (Fsp3) is 0.438. The Hall–Kier alpha value is -3.47. The number of nitrogens with zero attached hydrogens (tertiary/aromatic N) is 8. The van der Waals surface area contributed by atoms with Crippen molar-refractivity contribution in [3.05, 3.63) is 33.3 Å². The number of fused-ring (bicyclic) bond motifs is 1. The summed E-state index contributed by atoms with van der Waals surface area (Å²) < 4.78 is 2.63. The number of aryl methyl sites for hydroxylation is 1. The Labute approximate surface area is 193 Å². The monoisotopic (exact) mass is 495 g/mol. The van der Waals surface area contributed by atoms with E-state index in [2.05, 4.69) is 25.9 Å². The maximum absolute atomic E-state index is 12.7. The third kappa shape index (κ3) is 4.15. The van der Waals surface area contributed by atoms with Gasteiger partial charge in [0.2, 0.25) is 11.1 Å². The molecule has 2 aromatic heterocycles. The summed E-state index contributed by atoms with van der Waals surface area (Å²) in [6.07, 6.45) is 1.05. The zero-order valence-electron chi connectivity index (χ0n) is 17.2. The molecule has 174 valence electrons. The smallest absolute Gasteiger partial charge is 0.352 e. The van der Waals surface area contributed by atoms with Crippen LogP contribution in [-0.4, -0.2) is 85.6 Å². The molecule has 33 heavy (non-hydrogen) atoms. The highest BCUT2D eigenvalue weighted by Crippen LogP contribution is 2.41. The van der Waals surface area contributed by atoms with Crippen molar-refractivity contribution in [2.24, 2.45) is 7.05 Å². The largest absolute Gasteiger partial charge is 0.477 e. The number of β-lactam (4-membered cyclic amide) rings is 1. The van der Waals surface area contributed by atoms with Gasteiger partial charge in [0.15, 0.2) is 0 Å². The number of amides is 2. The molecule has 2 amide bonds. The average Bonchev–Trinajstić information content (AvgIpc) is 3.34. The second kappa shape index (κ2) is 8.81. The van der Waals surface area contributed by atoms with Crippen molar-refractivity contribution in [3.63, 3.8) is 0 Å². The molecule has 0 saturated carbocycles. The van der Waals surface area contributed by atoms with Gasteiger partial charge in [-0.3, -0.25) is 29.3 Å². The van der Waals surface area contributed by atoms with Gasteiger partial charge in [0.25, 0.3) is 5.91 Å². The van der Waals surface area contributed by atoms with Crippen LogP contribution >= 0.6 is 23.5 Å². The van der Waals surface area contributed by atoms with Crippen LogP contribution in [-0.2, 0) is 28.0 Å². The predicted octanol–water partition coefficient (Wildman–Crippen LogP) is -0.846. The second-order valence-electron chi connectivity index (χ2n) is 7.12. The van der Waals surface area contributed by atoms with Gasteiger partial charge in [-0.2, -0.15) is 5.10 Å². The molecule has 0 bridgehead atoms. The molecular weight excluding hydrogens is 478 g/mol. The van der Waals surface area contributed by atoms with Crippen LogP contribution < -0.4 is 5.32 Å². The first-order chi connectivity index (χ1) is 15.7. The molecule has 4 rings (SSSR count). The molecule has 2 aromatic rings. The van der Waals surface area contributed by atoms with E-state index < -0.39 is 34.1 Å². The van der Waals surface area contributed by atoms with Crippen LogP contribution in [0.4, 0.5) is 5.69 Å². The maximum atomic E-state index is 12.7. The Morgan fingerprint density at radius 1 is 1.45 bits per heavy atom. The van der Waals surface area contributed by atoms with Crippen molar-refractivity contribution in [3.8, 4) is 0 Å². The molecule has 0 aliphatic carbocycles. The number of rotatable bonds is 8. The first-order valence-electron chi connectivity index (χ1n) is 9.40. The quantitative estimate of drug-likeness (QED) is 0.200. The number of hydrogen-bond donors (Lipinski definition) is 2. The van der Waals surface area contributed by atoms with Crippen LogP contribution in [0.5, 0.6) is 0 Å². The predicted molar refractivity (Wildman–Crippen MR) is 113 cm³/mol. The van der Waals surface area contributed by atoms with Crippen LogP contribution in [0.2, 0.25) is 0 Å². The van der Waals surface area contributed by atoms with Gasteiger partial charge in [-0.25, -0.2) is 9.48 Å². The maximum Gasteiger partial charge on any atom is 0.352 e. The Kier molecular flexibility index (Phi) is 6.07. The molecule has 0 unspecified atom stereocenters. The fourth-order valence-corrected chi connectivity index (χ4v) is 5.75. The first-order valence-corrected chi connectivity index (χ1v) is 11.4. The fourth-order valence-electron chi connectivity index (χ4n) is 3.42. The van der Waals surface area contributed by atoms with Crippen LogP contribution in [0.25, 0.3) is 0 Å². The normalized spacial score (nSPS) is 19.8. The minimum atomic E-state index is -1.23. The van der Waals surface area contributed by atoms with Gasteiger partial charge in [0, 0.05) is 18.6 Å². The molecule has 1 saturated heterocycles. The number of carboxylic acids is 1. The van der Waals surface area contributed by atoms with Crippen molar-refractivity contribution < 1.29 is 24.4 Å². The molecular formula is C16H17N9O6S2. The Bertz CT molecular complexity index is 1190. The highest BCUT2D eigenvalue weighted by Gasteiger charge is 2.54. The zero-order chi connectivity index (χ0) is 23.9. The number of carboxylic acid groups (broad SMARTS) is 1. The van der Waals surface area contributed by atoms with Gasteiger partial charge in [0.05, 0.1) is 4.92 Å². The van der Waals surface area contributed by atoms with E-state index >= 15 is 0 Å². The Morgan fingerprint density at radius 2 is 2.21 bits per heavy atom. The second-order valence-corrected chi connectivity index (χ2v) is 9.16. The van der Waals surface area contributed by atoms with Crippen LogP contribution in [0.15, 0.2) is 22.6 Å². The molecule has 15 nitrogen and oxygen atoms in total. The van der Waals surface area contributed by atoms with E-state index in [-0.39, 0.29) is 29.4 Å². The summed E-state index contributed by atoms with van der Waals surface area (Å²) in [5.74, 6) is -1.70. The summed E-state index contributed by atoms with van der Waals surface area (Å²) in [6.45, 7) is 1.16. The van der Waals surface area contributed by atoms with Gasteiger partial charge < -0.3 is 10.4 Å². The molecule has 4 heterocycles. The van der Waals surface area contributed by atoms with Gasteiger partial charge in [-0.15, -0.1) is 16.9 Å². The molecule has 17 heteroatoms. The van der Waals surface area contributed by atoms with Gasteiger partial charge >= 0.3 is 11.7 Å².